The van der Waals surface area contributed by atoms with Crippen molar-refractivity contribution < 1.29 is 14.6 Å². The average Bonchev–Trinajstić information content (AvgIpc) is 2.70. The van der Waals surface area contributed by atoms with Crippen LogP contribution < -0.4 is 17.3 Å². The topological polar surface area (TPSA) is 131 Å². The number of nitrogens with zero attached hydrogens (tertiary/aromatic N) is 2. The Kier molecular flexibility index (Phi) is 7.68. The second kappa shape index (κ2) is 10.00. The van der Waals surface area contributed by atoms with Crippen molar-refractivity contribution in [3.05, 3.63) is 76.4 Å². The number of hydrazine groups is 1. The quantitative estimate of drug-likeness (QED) is 0.230. The number of hydrogen-bond donors (Lipinski definition) is 4. The maximum Gasteiger partial charge on any atom is 0.356 e. The molecule has 162 valence electrons. The van der Waals surface area contributed by atoms with Crippen LogP contribution in [0.1, 0.15) is 23.6 Å². The predicted octanol–water partition coefficient (Wildman–Crippen LogP) is 1.78. The van der Waals surface area contributed by atoms with Crippen molar-refractivity contribution in [3.63, 3.8) is 0 Å². The summed E-state index contributed by atoms with van der Waals surface area (Å²) in [6.45, 7) is 12.0. The van der Waals surface area contributed by atoms with Crippen LogP contribution in [0, 0.1) is 13.8 Å². The van der Waals surface area contributed by atoms with Gasteiger partial charge in [0.25, 0.3) is 0 Å². The molecule has 0 radical (unpaired) electrons. The Balaban J connectivity index is 2.53. The SMILES string of the molecule is C=C/C(=C\C(=C(/C)N)N(N)/C(C(=O)O)=C(/N)c1ccc(C)c(C)c1)N1CCOCC1. The second-order valence-corrected chi connectivity index (χ2v) is 7.18. The van der Waals surface area contributed by atoms with E-state index < -0.39 is 5.97 Å². The zero-order chi connectivity index (χ0) is 22.4. The molecule has 0 atom stereocenters. The molecule has 0 amide bonds. The van der Waals surface area contributed by atoms with Gasteiger partial charge in [0, 0.05) is 30.0 Å². The number of allylic oxidation sites excluding steroid dienone is 3. The van der Waals surface area contributed by atoms with Gasteiger partial charge in [-0.05, 0) is 50.1 Å². The molecule has 0 unspecified atom stereocenters. The summed E-state index contributed by atoms with van der Waals surface area (Å²) < 4.78 is 5.39. The Labute approximate surface area is 177 Å². The molecule has 1 aliphatic rings. The third kappa shape index (κ3) is 5.22. The molecule has 0 saturated carbocycles. The number of hydrogen-bond acceptors (Lipinski definition) is 7. The number of carboxylic acid groups (broad SMARTS) is 1. The summed E-state index contributed by atoms with van der Waals surface area (Å²) in [5.41, 5.74) is 16.2. The molecule has 1 aromatic rings. The lowest BCUT2D eigenvalue weighted by molar-refractivity contribution is -0.134. The first kappa shape index (κ1) is 23.1. The highest BCUT2D eigenvalue weighted by atomic mass is 16.5. The summed E-state index contributed by atoms with van der Waals surface area (Å²) in [4.78, 5) is 14.2. The predicted molar refractivity (Wildman–Crippen MR) is 118 cm³/mol. The molecule has 0 bridgehead atoms. The summed E-state index contributed by atoms with van der Waals surface area (Å²) in [5.74, 6) is 5.00. The van der Waals surface area contributed by atoms with E-state index >= 15 is 0 Å². The number of aryl methyl sites for hydroxylation is 2. The molecule has 7 N–H and O–H groups in total. The second-order valence-electron chi connectivity index (χ2n) is 7.18. The monoisotopic (exact) mass is 413 g/mol. The molecular formula is C22H31N5O3. The van der Waals surface area contributed by atoms with Crippen molar-refractivity contribution in [2.24, 2.45) is 17.3 Å². The molecule has 1 heterocycles. The normalized spacial score (nSPS) is 16.5. The molecule has 8 heteroatoms. The molecular weight excluding hydrogens is 382 g/mol. The van der Waals surface area contributed by atoms with Gasteiger partial charge >= 0.3 is 5.97 Å². The van der Waals surface area contributed by atoms with Crippen LogP contribution in [0.5, 0.6) is 0 Å². The number of benzene rings is 1. The van der Waals surface area contributed by atoms with Crippen LogP contribution in [0.4, 0.5) is 0 Å². The molecule has 1 aliphatic heterocycles. The zero-order valence-electron chi connectivity index (χ0n) is 17.8. The Morgan fingerprint density at radius 1 is 1.23 bits per heavy atom. The number of morpholine rings is 1. The lowest BCUT2D eigenvalue weighted by Crippen LogP contribution is -2.38. The van der Waals surface area contributed by atoms with Crippen LogP contribution in [0.15, 0.2) is 59.7 Å². The largest absolute Gasteiger partial charge is 0.476 e. The molecule has 2 rings (SSSR count). The number of carbonyl (C=O) groups is 1. The third-order valence-corrected chi connectivity index (χ3v) is 5.05. The first-order valence-electron chi connectivity index (χ1n) is 9.66. The van der Waals surface area contributed by atoms with E-state index in [-0.39, 0.29) is 11.4 Å². The van der Waals surface area contributed by atoms with Gasteiger partial charge in [-0.25, -0.2) is 10.6 Å². The lowest BCUT2D eigenvalue weighted by atomic mass is 10.0. The molecule has 30 heavy (non-hydrogen) atoms. The van der Waals surface area contributed by atoms with Crippen LogP contribution in [0.3, 0.4) is 0 Å². The van der Waals surface area contributed by atoms with E-state index in [0.717, 1.165) is 21.8 Å². The minimum atomic E-state index is -1.26. The van der Waals surface area contributed by atoms with Gasteiger partial charge in [0.15, 0.2) is 5.70 Å². The zero-order valence-corrected chi connectivity index (χ0v) is 17.8. The van der Waals surface area contributed by atoms with Crippen LogP contribution in [0.2, 0.25) is 0 Å². The van der Waals surface area contributed by atoms with Crippen LogP contribution in [0.25, 0.3) is 5.70 Å². The van der Waals surface area contributed by atoms with Gasteiger partial charge in [0.2, 0.25) is 0 Å². The van der Waals surface area contributed by atoms with Gasteiger partial charge in [-0.1, -0.05) is 18.7 Å². The van der Waals surface area contributed by atoms with Gasteiger partial charge in [0.1, 0.15) is 0 Å². The summed E-state index contributed by atoms with van der Waals surface area (Å²) >= 11 is 0. The Bertz CT molecular complexity index is 907. The fourth-order valence-corrected chi connectivity index (χ4v) is 3.13. The first-order valence-corrected chi connectivity index (χ1v) is 9.66. The van der Waals surface area contributed by atoms with E-state index in [9.17, 15) is 9.90 Å². The van der Waals surface area contributed by atoms with E-state index in [1.54, 1.807) is 25.1 Å². The van der Waals surface area contributed by atoms with Crippen LogP contribution in [-0.4, -0.2) is 47.3 Å². The van der Waals surface area contributed by atoms with Gasteiger partial charge in [-0.3, -0.25) is 5.01 Å². The average molecular weight is 414 g/mol. The highest BCUT2D eigenvalue weighted by molar-refractivity contribution is 5.95. The van der Waals surface area contributed by atoms with Gasteiger partial charge in [-0.2, -0.15) is 0 Å². The minimum absolute atomic E-state index is 0.0479. The van der Waals surface area contributed by atoms with Gasteiger partial charge in [0.05, 0.1) is 24.6 Å². The lowest BCUT2D eigenvalue weighted by Gasteiger charge is -2.31. The Morgan fingerprint density at radius 3 is 2.37 bits per heavy atom. The molecule has 8 nitrogen and oxygen atoms in total. The summed E-state index contributed by atoms with van der Waals surface area (Å²) in [7, 11) is 0. The van der Waals surface area contributed by atoms with Crippen molar-refractivity contribution in [3.8, 4) is 0 Å². The Hall–Kier alpha value is -3.23. The standard InChI is InChI=1S/C22H31N5O3/c1-5-18(26-8-10-30-11-9-26)13-19(16(4)23)27(25)21(22(28)29)20(24)17-7-6-14(2)15(3)12-17/h5-7,12-13H,1,8-11,23-25H2,2-4H3,(H,28,29)/b18-13+,19-16-,21-20+. The van der Waals surface area contributed by atoms with E-state index in [1.807, 2.05) is 26.0 Å². The highest BCUT2D eigenvalue weighted by Crippen LogP contribution is 2.23. The van der Waals surface area contributed by atoms with E-state index in [4.69, 9.17) is 22.0 Å². The van der Waals surface area contributed by atoms with Crippen molar-refractivity contribution in [1.29, 1.82) is 0 Å². The third-order valence-electron chi connectivity index (χ3n) is 5.05. The summed E-state index contributed by atoms with van der Waals surface area (Å²) in [5, 5.41) is 10.9. The molecule has 1 aromatic carbocycles. The summed E-state index contributed by atoms with van der Waals surface area (Å²) in [6, 6.07) is 5.49. The molecule has 1 fully saturated rings. The van der Waals surface area contributed by atoms with Crippen molar-refractivity contribution in [2.75, 3.05) is 26.3 Å². The molecule has 0 spiro atoms. The van der Waals surface area contributed by atoms with Crippen molar-refractivity contribution in [1.82, 2.24) is 9.91 Å². The number of carboxylic acids is 1. The fourth-order valence-electron chi connectivity index (χ4n) is 3.13. The number of nitrogens with two attached hydrogens (primary N) is 3. The molecule has 1 saturated heterocycles. The number of aliphatic carboxylic acids is 1. The smallest absolute Gasteiger partial charge is 0.356 e. The Morgan fingerprint density at radius 2 is 1.87 bits per heavy atom. The summed E-state index contributed by atoms with van der Waals surface area (Å²) in [6.07, 6.45) is 3.39. The van der Waals surface area contributed by atoms with Gasteiger partial charge in [-0.15, -0.1) is 0 Å². The van der Waals surface area contributed by atoms with Crippen molar-refractivity contribution >= 4 is 11.7 Å². The number of rotatable bonds is 7. The maximum absolute atomic E-state index is 12.1. The maximum atomic E-state index is 12.1. The van der Waals surface area contributed by atoms with E-state index in [1.165, 1.54) is 0 Å². The van der Waals surface area contributed by atoms with Crippen molar-refractivity contribution in [2.45, 2.75) is 20.8 Å². The molecule has 0 aliphatic carbocycles. The van der Waals surface area contributed by atoms with Crippen LogP contribution in [-0.2, 0) is 9.53 Å². The van der Waals surface area contributed by atoms with Crippen LogP contribution >= 0.6 is 0 Å². The minimum Gasteiger partial charge on any atom is -0.476 e. The van der Waals surface area contributed by atoms with E-state index in [0.29, 0.717) is 43.3 Å². The van der Waals surface area contributed by atoms with E-state index in [2.05, 4.69) is 11.5 Å². The first-order chi connectivity index (χ1) is 14.2. The molecule has 0 aromatic heterocycles. The number of ether oxygens (including phenoxy) is 1. The fraction of sp³-hybridized carbons (Fsp3) is 0.318. The van der Waals surface area contributed by atoms with Gasteiger partial charge < -0.3 is 26.2 Å². The highest BCUT2D eigenvalue weighted by Gasteiger charge is 2.23.